The Balaban J connectivity index is 2.57. The first kappa shape index (κ1) is 12.4. The minimum Gasteiger partial charge on any atom is -0.478 e. The average molecular weight is 245 g/mol. The number of carbonyl (C=O) groups is 1. The van der Waals surface area contributed by atoms with Crippen LogP contribution < -0.4 is 5.43 Å². The van der Waals surface area contributed by atoms with Gasteiger partial charge in [-0.1, -0.05) is 13.3 Å². The fourth-order valence-corrected chi connectivity index (χ4v) is 1.95. The molecule has 2 aromatic rings. The number of nitrogens with one attached hydrogen (secondary N) is 1. The normalized spacial score (nSPS) is 10.7. The van der Waals surface area contributed by atoms with Crippen molar-refractivity contribution in [3.63, 3.8) is 0 Å². The van der Waals surface area contributed by atoms with Crippen LogP contribution in [0.15, 0.2) is 29.2 Å². The molecule has 0 saturated heterocycles. The molecule has 0 atom stereocenters. The van der Waals surface area contributed by atoms with Gasteiger partial charge in [0.05, 0.1) is 5.56 Å². The molecule has 94 valence electrons. The molecule has 0 spiro atoms. The first-order valence-electron chi connectivity index (χ1n) is 6.01. The van der Waals surface area contributed by atoms with Crippen LogP contribution >= 0.6 is 0 Å². The van der Waals surface area contributed by atoms with Gasteiger partial charge in [0.1, 0.15) is 0 Å². The van der Waals surface area contributed by atoms with E-state index < -0.39 is 5.97 Å². The summed E-state index contributed by atoms with van der Waals surface area (Å²) in [4.78, 5) is 26.1. The number of benzene rings is 1. The summed E-state index contributed by atoms with van der Waals surface area (Å²) >= 11 is 0. The van der Waals surface area contributed by atoms with E-state index >= 15 is 0 Å². The third-order valence-corrected chi connectivity index (χ3v) is 3.00. The average Bonchev–Trinajstić information content (AvgIpc) is 2.37. The maximum absolute atomic E-state index is 12.2. The summed E-state index contributed by atoms with van der Waals surface area (Å²) in [6, 6.07) is 4.56. The number of hydrogen-bond acceptors (Lipinski definition) is 2. The van der Waals surface area contributed by atoms with Crippen molar-refractivity contribution in [1.82, 2.24) is 4.98 Å². The molecule has 0 bridgehead atoms. The van der Waals surface area contributed by atoms with Gasteiger partial charge < -0.3 is 10.1 Å². The number of aromatic amines is 1. The Kier molecular flexibility index (Phi) is 3.46. The lowest BCUT2D eigenvalue weighted by molar-refractivity contribution is 0.0697. The molecule has 18 heavy (non-hydrogen) atoms. The van der Waals surface area contributed by atoms with Gasteiger partial charge in [-0.2, -0.15) is 0 Å². The zero-order chi connectivity index (χ0) is 13.1. The minimum absolute atomic E-state index is 0.0692. The molecule has 0 aliphatic carbocycles. The molecule has 0 fully saturated rings. The second kappa shape index (κ2) is 5.04. The van der Waals surface area contributed by atoms with Crippen molar-refractivity contribution in [2.75, 3.05) is 0 Å². The van der Waals surface area contributed by atoms with Crippen molar-refractivity contribution < 1.29 is 9.90 Å². The van der Waals surface area contributed by atoms with E-state index in [9.17, 15) is 9.59 Å². The summed E-state index contributed by atoms with van der Waals surface area (Å²) in [6.45, 7) is 2.07. The Labute approximate surface area is 104 Å². The Morgan fingerprint density at radius 1 is 1.39 bits per heavy atom. The number of carboxylic acids is 1. The predicted octanol–water partition coefficient (Wildman–Crippen LogP) is 2.57. The minimum atomic E-state index is -1.02. The first-order chi connectivity index (χ1) is 8.63. The third-order valence-electron chi connectivity index (χ3n) is 3.00. The third kappa shape index (κ3) is 2.27. The van der Waals surface area contributed by atoms with Gasteiger partial charge in [-0.3, -0.25) is 4.79 Å². The molecule has 0 aliphatic heterocycles. The van der Waals surface area contributed by atoms with Crippen LogP contribution in [0, 0.1) is 0 Å². The molecular formula is C14H15NO3. The number of hydrogen-bond donors (Lipinski definition) is 2. The van der Waals surface area contributed by atoms with E-state index in [4.69, 9.17) is 5.11 Å². The summed E-state index contributed by atoms with van der Waals surface area (Å²) in [6.07, 6.45) is 4.42. The number of fused-ring (bicyclic) bond motifs is 1. The zero-order valence-corrected chi connectivity index (χ0v) is 10.2. The van der Waals surface area contributed by atoms with Crippen molar-refractivity contribution in [3.8, 4) is 0 Å². The van der Waals surface area contributed by atoms with Crippen LogP contribution in [-0.4, -0.2) is 16.1 Å². The summed E-state index contributed by atoms with van der Waals surface area (Å²) in [5, 5.41) is 9.38. The Bertz CT molecular complexity index is 643. The highest BCUT2D eigenvalue weighted by atomic mass is 16.4. The van der Waals surface area contributed by atoms with Gasteiger partial charge >= 0.3 is 5.97 Å². The standard InChI is InChI=1S/C14H15NO3/c1-2-3-4-10-8-15-12-6-5-9(14(17)18)7-11(12)13(10)16/h5-8H,2-4H2,1H3,(H,15,16)(H,17,18). The number of unbranched alkanes of at least 4 members (excludes halogenated alkanes) is 1. The van der Waals surface area contributed by atoms with Crippen molar-refractivity contribution >= 4 is 16.9 Å². The molecule has 4 heteroatoms. The van der Waals surface area contributed by atoms with E-state index in [0.717, 1.165) is 19.3 Å². The highest BCUT2D eigenvalue weighted by molar-refractivity contribution is 5.93. The van der Waals surface area contributed by atoms with Gasteiger partial charge in [0, 0.05) is 22.7 Å². The Morgan fingerprint density at radius 3 is 2.83 bits per heavy atom. The fourth-order valence-electron chi connectivity index (χ4n) is 1.95. The molecule has 4 nitrogen and oxygen atoms in total. The zero-order valence-electron chi connectivity index (χ0n) is 10.2. The molecule has 0 amide bonds. The van der Waals surface area contributed by atoms with Crippen molar-refractivity contribution in [2.24, 2.45) is 0 Å². The highest BCUT2D eigenvalue weighted by Crippen LogP contribution is 2.12. The molecule has 0 unspecified atom stereocenters. The number of rotatable bonds is 4. The number of aromatic carboxylic acids is 1. The lowest BCUT2D eigenvalue weighted by atomic mass is 10.1. The Morgan fingerprint density at radius 2 is 2.17 bits per heavy atom. The molecule has 0 radical (unpaired) electrons. The SMILES string of the molecule is CCCCc1c[nH]c2ccc(C(=O)O)cc2c1=O. The summed E-state index contributed by atoms with van der Waals surface area (Å²) in [5.74, 6) is -1.02. The van der Waals surface area contributed by atoms with Crippen molar-refractivity contribution in [1.29, 1.82) is 0 Å². The van der Waals surface area contributed by atoms with Crippen LogP contribution in [0.3, 0.4) is 0 Å². The fraction of sp³-hybridized carbons (Fsp3) is 0.286. The second-order valence-corrected chi connectivity index (χ2v) is 4.31. The molecule has 0 saturated carbocycles. The summed E-state index contributed by atoms with van der Waals surface area (Å²) in [5.41, 5.74) is 1.46. The topological polar surface area (TPSA) is 70.2 Å². The maximum atomic E-state index is 12.2. The smallest absolute Gasteiger partial charge is 0.335 e. The van der Waals surface area contributed by atoms with Gasteiger partial charge in [-0.05, 0) is 31.0 Å². The van der Waals surface area contributed by atoms with E-state index in [1.807, 2.05) is 0 Å². The van der Waals surface area contributed by atoms with E-state index in [1.54, 1.807) is 12.3 Å². The molecule has 1 aromatic carbocycles. The number of aryl methyl sites for hydroxylation is 1. The van der Waals surface area contributed by atoms with Crippen LogP contribution in [0.2, 0.25) is 0 Å². The van der Waals surface area contributed by atoms with Crippen LogP contribution in [0.5, 0.6) is 0 Å². The van der Waals surface area contributed by atoms with E-state index in [-0.39, 0.29) is 11.0 Å². The van der Waals surface area contributed by atoms with E-state index in [1.165, 1.54) is 12.1 Å². The van der Waals surface area contributed by atoms with Gasteiger partial charge in [-0.15, -0.1) is 0 Å². The highest BCUT2D eigenvalue weighted by Gasteiger charge is 2.08. The lowest BCUT2D eigenvalue weighted by Crippen LogP contribution is -2.11. The monoisotopic (exact) mass is 245 g/mol. The quantitative estimate of drug-likeness (QED) is 0.869. The van der Waals surface area contributed by atoms with Crippen molar-refractivity contribution in [3.05, 3.63) is 45.7 Å². The molecule has 0 aliphatic rings. The number of H-pyrrole nitrogens is 1. The van der Waals surface area contributed by atoms with Crippen molar-refractivity contribution in [2.45, 2.75) is 26.2 Å². The van der Waals surface area contributed by atoms with Gasteiger partial charge in [0.15, 0.2) is 5.43 Å². The van der Waals surface area contributed by atoms with Crippen LogP contribution in [0.4, 0.5) is 0 Å². The largest absolute Gasteiger partial charge is 0.478 e. The number of aromatic nitrogens is 1. The second-order valence-electron chi connectivity index (χ2n) is 4.31. The van der Waals surface area contributed by atoms with E-state index in [2.05, 4.69) is 11.9 Å². The van der Waals surface area contributed by atoms with E-state index in [0.29, 0.717) is 16.5 Å². The van der Waals surface area contributed by atoms with Crippen LogP contribution in [0.25, 0.3) is 10.9 Å². The molecule has 2 N–H and O–H groups in total. The molecule has 2 rings (SSSR count). The summed E-state index contributed by atoms with van der Waals surface area (Å²) in [7, 11) is 0. The lowest BCUT2D eigenvalue weighted by Gasteiger charge is -2.03. The molecular weight excluding hydrogens is 230 g/mol. The number of carboxylic acid groups (broad SMARTS) is 1. The first-order valence-corrected chi connectivity index (χ1v) is 6.01. The summed E-state index contributed by atoms with van der Waals surface area (Å²) < 4.78 is 0. The van der Waals surface area contributed by atoms with Crippen LogP contribution in [-0.2, 0) is 6.42 Å². The Hall–Kier alpha value is -2.10. The molecule has 1 heterocycles. The molecule has 1 aromatic heterocycles. The van der Waals surface area contributed by atoms with Gasteiger partial charge in [0.25, 0.3) is 0 Å². The predicted molar refractivity (Wildman–Crippen MR) is 70.1 cm³/mol. The van der Waals surface area contributed by atoms with Gasteiger partial charge in [0.2, 0.25) is 0 Å². The van der Waals surface area contributed by atoms with Gasteiger partial charge in [-0.25, -0.2) is 4.79 Å². The number of pyridine rings is 1. The maximum Gasteiger partial charge on any atom is 0.335 e. The van der Waals surface area contributed by atoms with Crippen LogP contribution in [0.1, 0.15) is 35.7 Å².